The van der Waals surface area contributed by atoms with E-state index in [1.807, 2.05) is 18.2 Å². The van der Waals surface area contributed by atoms with E-state index in [0.29, 0.717) is 6.54 Å². The first-order chi connectivity index (χ1) is 7.72. The van der Waals surface area contributed by atoms with Crippen molar-refractivity contribution in [3.63, 3.8) is 0 Å². The maximum Gasteiger partial charge on any atom is 0.145 e. The van der Waals surface area contributed by atoms with Gasteiger partial charge in [-0.05, 0) is 18.6 Å². The summed E-state index contributed by atoms with van der Waals surface area (Å²) in [5.74, 6) is 1.53. The molecule has 16 heavy (non-hydrogen) atoms. The molecule has 1 aromatic rings. The van der Waals surface area contributed by atoms with Crippen molar-refractivity contribution >= 4 is 5.69 Å². The molecule has 0 spiro atoms. The van der Waals surface area contributed by atoms with Gasteiger partial charge < -0.3 is 20.5 Å². The molecular weight excluding hydrogens is 204 g/mol. The number of hydrogen-bond acceptors (Lipinski definition) is 4. The van der Waals surface area contributed by atoms with Crippen LogP contribution in [0.15, 0.2) is 18.2 Å². The minimum atomic E-state index is 0.134. The standard InChI is InChI=1S/C12H20N2O2/c1-4-9(13)8-14-12-10(15-2)6-5-7-11(12)16-3/h5-7,9,14H,4,8,13H2,1-3H3/t9-/m0/s1. The molecule has 0 saturated heterocycles. The van der Waals surface area contributed by atoms with Crippen molar-refractivity contribution in [3.8, 4) is 11.5 Å². The summed E-state index contributed by atoms with van der Waals surface area (Å²) >= 11 is 0. The number of rotatable bonds is 6. The van der Waals surface area contributed by atoms with E-state index in [0.717, 1.165) is 23.6 Å². The van der Waals surface area contributed by atoms with Gasteiger partial charge in [0.05, 0.1) is 14.2 Å². The summed E-state index contributed by atoms with van der Waals surface area (Å²) in [5, 5.41) is 3.26. The molecular formula is C12H20N2O2. The van der Waals surface area contributed by atoms with Crippen molar-refractivity contribution in [2.75, 3.05) is 26.1 Å². The largest absolute Gasteiger partial charge is 0.494 e. The topological polar surface area (TPSA) is 56.5 Å². The van der Waals surface area contributed by atoms with E-state index in [-0.39, 0.29) is 6.04 Å². The lowest BCUT2D eigenvalue weighted by Gasteiger charge is -2.16. The highest BCUT2D eigenvalue weighted by Crippen LogP contribution is 2.33. The zero-order valence-corrected chi connectivity index (χ0v) is 10.1. The normalized spacial score (nSPS) is 12.0. The third kappa shape index (κ3) is 3.03. The molecule has 0 aromatic heterocycles. The molecule has 4 nitrogen and oxygen atoms in total. The first-order valence-corrected chi connectivity index (χ1v) is 5.43. The van der Waals surface area contributed by atoms with Gasteiger partial charge in [0.25, 0.3) is 0 Å². The Morgan fingerprint density at radius 3 is 2.25 bits per heavy atom. The Morgan fingerprint density at radius 2 is 1.81 bits per heavy atom. The van der Waals surface area contributed by atoms with Gasteiger partial charge in [0, 0.05) is 12.6 Å². The fraction of sp³-hybridized carbons (Fsp3) is 0.500. The third-order valence-corrected chi connectivity index (χ3v) is 2.49. The van der Waals surface area contributed by atoms with Crippen LogP contribution >= 0.6 is 0 Å². The average Bonchev–Trinajstić information content (AvgIpc) is 2.35. The zero-order valence-electron chi connectivity index (χ0n) is 10.1. The predicted molar refractivity (Wildman–Crippen MR) is 66.3 cm³/mol. The first kappa shape index (κ1) is 12.6. The summed E-state index contributed by atoms with van der Waals surface area (Å²) in [6.45, 7) is 2.76. The van der Waals surface area contributed by atoms with Gasteiger partial charge in [-0.3, -0.25) is 0 Å². The van der Waals surface area contributed by atoms with Crippen LogP contribution < -0.4 is 20.5 Å². The van der Waals surface area contributed by atoms with E-state index >= 15 is 0 Å². The Hall–Kier alpha value is -1.42. The van der Waals surface area contributed by atoms with Crippen LogP contribution in [0.3, 0.4) is 0 Å². The molecule has 0 amide bonds. The SMILES string of the molecule is CC[C@H](N)CNc1c(OC)cccc1OC. The number of anilines is 1. The summed E-state index contributed by atoms with van der Waals surface area (Å²) in [7, 11) is 3.28. The van der Waals surface area contributed by atoms with E-state index in [4.69, 9.17) is 15.2 Å². The van der Waals surface area contributed by atoms with Crippen LogP contribution in [-0.2, 0) is 0 Å². The van der Waals surface area contributed by atoms with Crippen molar-refractivity contribution in [2.45, 2.75) is 19.4 Å². The summed E-state index contributed by atoms with van der Waals surface area (Å²) < 4.78 is 10.5. The van der Waals surface area contributed by atoms with Crippen molar-refractivity contribution in [1.29, 1.82) is 0 Å². The van der Waals surface area contributed by atoms with E-state index in [1.165, 1.54) is 0 Å². The van der Waals surface area contributed by atoms with Crippen molar-refractivity contribution in [1.82, 2.24) is 0 Å². The maximum absolute atomic E-state index is 5.86. The summed E-state index contributed by atoms with van der Waals surface area (Å²) in [6.07, 6.45) is 0.935. The van der Waals surface area contributed by atoms with Crippen LogP contribution in [0.4, 0.5) is 5.69 Å². The van der Waals surface area contributed by atoms with E-state index < -0.39 is 0 Å². The number of nitrogens with two attached hydrogens (primary N) is 1. The molecule has 1 atom stereocenters. The van der Waals surface area contributed by atoms with Crippen LogP contribution in [-0.4, -0.2) is 26.8 Å². The Balaban J connectivity index is 2.82. The number of benzene rings is 1. The number of methoxy groups -OCH3 is 2. The van der Waals surface area contributed by atoms with Crippen LogP contribution in [0.25, 0.3) is 0 Å². The first-order valence-electron chi connectivity index (χ1n) is 5.43. The molecule has 3 N–H and O–H groups in total. The molecule has 0 aliphatic rings. The van der Waals surface area contributed by atoms with Crippen LogP contribution in [0.1, 0.15) is 13.3 Å². The van der Waals surface area contributed by atoms with Gasteiger partial charge in [0.1, 0.15) is 17.2 Å². The second-order valence-corrected chi connectivity index (χ2v) is 3.59. The van der Waals surface area contributed by atoms with Crippen LogP contribution in [0.5, 0.6) is 11.5 Å². The number of para-hydroxylation sites is 1. The van der Waals surface area contributed by atoms with Gasteiger partial charge >= 0.3 is 0 Å². The van der Waals surface area contributed by atoms with Gasteiger partial charge in [-0.1, -0.05) is 13.0 Å². The Bertz CT molecular complexity index is 307. The number of hydrogen-bond donors (Lipinski definition) is 2. The maximum atomic E-state index is 5.86. The van der Waals surface area contributed by atoms with Gasteiger partial charge in [-0.25, -0.2) is 0 Å². The van der Waals surface area contributed by atoms with E-state index in [2.05, 4.69) is 12.2 Å². The Labute approximate surface area is 96.7 Å². The second-order valence-electron chi connectivity index (χ2n) is 3.59. The number of ether oxygens (including phenoxy) is 2. The molecule has 1 aromatic carbocycles. The fourth-order valence-electron chi connectivity index (χ4n) is 1.40. The Morgan fingerprint density at radius 1 is 1.25 bits per heavy atom. The lowest BCUT2D eigenvalue weighted by atomic mass is 10.2. The average molecular weight is 224 g/mol. The van der Waals surface area contributed by atoms with E-state index in [1.54, 1.807) is 14.2 Å². The summed E-state index contributed by atoms with van der Waals surface area (Å²) in [6, 6.07) is 5.81. The minimum Gasteiger partial charge on any atom is -0.494 e. The van der Waals surface area contributed by atoms with Gasteiger partial charge in [-0.15, -0.1) is 0 Å². The van der Waals surface area contributed by atoms with E-state index in [9.17, 15) is 0 Å². The number of nitrogens with one attached hydrogen (secondary N) is 1. The molecule has 0 unspecified atom stereocenters. The molecule has 0 aliphatic carbocycles. The summed E-state index contributed by atoms with van der Waals surface area (Å²) in [4.78, 5) is 0. The molecule has 0 radical (unpaired) electrons. The minimum absolute atomic E-state index is 0.134. The molecule has 4 heteroatoms. The molecule has 0 heterocycles. The van der Waals surface area contributed by atoms with Gasteiger partial charge in [0.15, 0.2) is 0 Å². The van der Waals surface area contributed by atoms with Gasteiger partial charge in [-0.2, -0.15) is 0 Å². The lowest BCUT2D eigenvalue weighted by molar-refractivity contribution is 0.397. The fourth-order valence-corrected chi connectivity index (χ4v) is 1.40. The van der Waals surface area contributed by atoms with Crippen molar-refractivity contribution in [2.24, 2.45) is 5.73 Å². The lowest BCUT2D eigenvalue weighted by Crippen LogP contribution is -2.28. The van der Waals surface area contributed by atoms with Crippen molar-refractivity contribution in [3.05, 3.63) is 18.2 Å². The highest BCUT2D eigenvalue weighted by atomic mass is 16.5. The molecule has 0 bridgehead atoms. The monoisotopic (exact) mass is 224 g/mol. The molecule has 0 fully saturated rings. The third-order valence-electron chi connectivity index (χ3n) is 2.49. The van der Waals surface area contributed by atoms with Crippen LogP contribution in [0.2, 0.25) is 0 Å². The highest BCUT2D eigenvalue weighted by molar-refractivity contribution is 5.66. The molecule has 1 rings (SSSR count). The van der Waals surface area contributed by atoms with Gasteiger partial charge in [0.2, 0.25) is 0 Å². The zero-order chi connectivity index (χ0) is 12.0. The van der Waals surface area contributed by atoms with Crippen LogP contribution in [0, 0.1) is 0 Å². The molecule has 0 aliphatic heterocycles. The summed E-state index contributed by atoms with van der Waals surface area (Å²) in [5.41, 5.74) is 6.72. The Kier molecular flexibility index (Phi) is 4.92. The predicted octanol–water partition coefficient (Wildman–Crippen LogP) is 1.85. The molecule has 90 valence electrons. The second kappa shape index (κ2) is 6.23. The molecule has 0 saturated carbocycles. The smallest absolute Gasteiger partial charge is 0.145 e. The van der Waals surface area contributed by atoms with Crippen molar-refractivity contribution < 1.29 is 9.47 Å². The quantitative estimate of drug-likeness (QED) is 0.774. The highest BCUT2D eigenvalue weighted by Gasteiger charge is 2.09.